The summed E-state index contributed by atoms with van der Waals surface area (Å²) >= 11 is 7.43. The number of benzene rings is 1. The number of hydrogen-bond acceptors (Lipinski definition) is 3. The summed E-state index contributed by atoms with van der Waals surface area (Å²) < 4.78 is 0. The zero-order valence-electron chi connectivity index (χ0n) is 8.85. The van der Waals surface area contributed by atoms with Crippen LogP contribution in [0, 0.1) is 6.92 Å². The largest absolute Gasteiger partial charge is 0.388 e. The summed E-state index contributed by atoms with van der Waals surface area (Å²) in [6.07, 6.45) is 1.91. The summed E-state index contributed by atoms with van der Waals surface area (Å²) in [5, 5.41) is 10.8. The molecule has 2 rings (SSSR count). The fourth-order valence-electron chi connectivity index (χ4n) is 1.66. The van der Waals surface area contributed by atoms with Crippen LogP contribution in [-0.4, -0.2) is 10.1 Å². The lowest BCUT2D eigenvalue weighted by Gasteiger charge is -2.12. The van der Waals surface area contributed by atoms with Gasteiger partial charge in [0.2, 0.25) is 0 Å². The minimum absolute atomic E-state index is 0.488. The normalized spacial score (nSPS) is 12.7. The summed E-state index contributed by atoms with van der Waals surface area (Å²) in [6, 6.07) is 5.55. The molecule has 1 unspecified atom stereocenters. The van der Waals surface area contributed by atoms with Crippen molar-refractivity contribution in [1.82, 2.24) is 4.98 Å². The maximum Gasteiger partial charge on any atom is 0.0841 e. The number of thiazole rings is 1. The monoisotopic (exact) mass is 253 g/mol. The highest BCUT2D eigenvalue weighted by Gasteiger charge is 2.12. The quantitative estimate of drug-likeness (QED) is 0.910. The maximum absolute atomic E-state index is 10.1. The van der Waals surface area contributed by atoms with E-state index in [9.17, 15) is 5.11 Å². The Bertz CT molecular complexity index is 470. The van der Waals surface area contributed by atoms with Crippen molar-refractivity contribution in [3.63, 3.8) is 0 Å². The van der Waals surface area contributed by atoms with Crippen LogP contribution in [0.2, 0.25) is 5.02 Å². The lowest BCUT2D eigenvalue weighted by molar-refractivity contribution is 0.178. The van der Waals surface area contributed by atoms with Crippen LogP contribution in [0.3, 0.4) is 0 Å². The van der Waals surface area contributed by atoms with Crippen LogP contribution in [0.1, 0.15) is 22.1 Å². The molecule has 1 aromatic heterocycles. The second-order valence-electron chi connectivity index (χ2n) is 3.69. The molecule has 0 spiro atoms. The highest BCUT2D eigenvalue weighted by molar-refractivity contribution is 7.09. The number of hydrogen-bond donors (Lipinski definition) is 1. The van der Waals surface area contributed by atoms with Gasteiger partial charge in [-0.15, -0.1) is 11.3 Å². The van der Waals surface area contributed by atoms with Gasteiger partial charge in [-0.1, -0.05) is 17.7 Å². The smallest absolute Gasteiger partial charge is 0.0841 e. The van der Waals surface area contributed by atoms with Gasteiger partial charge in [-0.3, -0.25) is 4.98 Å². The number of rotatable bonds is 3. The molecule has 0 aliphatic rings. The Morgan fingerprint density at radius 3 is 2.94 bits per heavy atom. The number of aryl methyl sites for hydroxylation is 1. The zero-order valence-corrected chi connectivity index (χ0v) is 10.4. The van der Waals surface area contributed by atoms with E-state index in [1.54, 1.807) is 29.1 Å². The molecule has 0 aliphatic carbocycles. The Labute approximate surface area is 104 Å². The first-order valence-electron chi connectivity index (χ1n) is 4.98. The van der Waals surface area contributed by atoms with Crippen molar-refractivity contribution < 1.29 is 5.11 Å². The van der Waals surface area contributed by atoms with E-state index in [4.69, 9.17) is 11.6 Å². The van der Waals surface area contributed by atoms with Gasteiger partial charge in [0.05, 0.1) is 11.6 Å². The van der Waals surface area contributed by atoms with Crippen LogP contribution in [0.5, 0.6) is 0 Å². The topological polar surface area (TPSA) is 33.1 Å². The molecule has 1 atom stereocenters. The summed E-state index contributed by atoms with van der Waals surface area (Å²) in [6.45, 7) is 1.96. The third-order valence-electron chi connectivity index (χ3n) is 2.47. The van der Waals surface area contributed by atoms with Gasteiger partial charge in [-0.2, -0.15) is 0 Å². The molecule has 0 saturated heterocycles. The van der Waals surface area contributed by atoms with Gasteiger partial charge < -0.3 is 5.11 Å². The van der Waals surface area contributed by atoms with Crippen molar-refractivity contribution in [3.8, 4) is 0 Å². The highest BCUT2D eigenvalue weighted by atomic mass is 35.5. The molecule has 84 valence electrons. The Hall–Kier alpha value is -0.900. The van der Waals surface area contributed by atoms with Crippen LogP contribution in [0.25, 0.3) is 0 Å². The molecule has 1 aromatic carbocycles. The Kier molecular flexibility index (Phi) is 3.59. The predicted octanol–water partition coefficient (Wildman–Crippen LogP) is 3.38. The maximum atomic E-state index is 10.1. The fourth-order valence-corrected chi connectivity index (χ4v) is 2.52. The van der Waals surface area contributed by atoms with Gasteiger partial charge in [0.15, 0.2) is 0 Å². The van der Waals surface area contributed by atoms with E-state index >= 15 is 0 Å². The van der Waals surface area contributed by atoms with Gasteiger partial charge in [0, 0.05) is 22.5 Å². The van der Waals surface area contributed by atoms with E-state index in [1.165, 1.54) is 0 Å². The average molecular weight is 254 g/mol. The lowest BCUT2D eigenvalue weighted by Crippen LogP contribution is -2.02. The number of aliphatic hydroxyl groups excluding tert-OH is 1. The molecule has 0 aliphatic heterocycles. The van der Waals surface area contributed by atoms with Crippen molar-refractivity contribution in [2.24, 2.45) is 0 Å². The van der Waals surface area contributed by atoms with Crippen LogP contribution in [0.15, 0.2) is 29.9 Å². The van der Waals surface area contributed by atoms with Crippen LogP contribution >= 0.6 is 22.9 Å². The second-order valence-corrected chi connectivity index (χ2v) is 5.10. The predicted molar refractivity (Wildman–Crippen MR) is 67.0 cm³/mol. The van der Waals surface area contributed by atoms with Crippen molar-refractivity contribution in [2.75, 3.05) is 0 Å². The molecular formula is C12H12ClNOS. The second kappa shape index (κ2) is 4.95. The molecule has 0 radical (unpaired) electrons. The SMILES string of the molecule is Cc1cc(Cl)ccc1C(O)Cc1cncs1. The summed E-state index contributed by atoms with van der Waals surface area (Å²) in [5.41, 5.74) is 3.72. The summed E-state index contributed by atoms with van der Waals surface area (Å²) in [7, 11) is 0. The van der Waals surface area contributed by atoms with Crippen molar-refractivity contribution >= 4 is 22.9 Å². The lowest BCUT2D eigenvalue weighted by atomic mass is 10.0. The highest BCUT2D eigenvalue weighted by Crippen LogP contribution is 2.25. The third-order valence-corrected chi connectivity index (χ3v) is 3.51. The van der Waals surface area contributed by atoms with Crippen LogP contribution < -0.4 is 0 Å². The molecule has 2 nitrogen and oxygen atoms in total. The molecule has 0 amide bonds. The number of halogens is 1. The molecule has 0 bridgehead atoms. The van der Waals surface area contributed by atoms with E-state index in [1.807, 2.05) is 19.1 Å². The fraction of sp³-hybridized carbons (Fsp3) is 0.250. The first kappa shape index (κ1) is 11.6. The molecule has 1 N–H and O–H groups in total. The standard InChI is InChI=1S/C12H12ClNOS/c1-8-4-9(13)2-3-11(8)12(15)5-10-6-14-7-16-10/h2-4,6-7,12,15H,5H2,1H3. The van der Waals surface area contributed by atoms with Crippen LogP contribution in [-0.2, 0) is 6.42 Å². The average Bonchev–Trinajstić information content (AvgIpc) is 2.70. The Morgan fingerprint density at radius 1 is 1.50 bits per heavy atom. The van der Waals surface area contributed by atoms with Crippen molar-refractivity contribution in [3.05, 3.63) is 50.9 Å². The van der Waals surface area contributed by atoms with E-state index in [-0.39, 0.29) is 0 Å². The summed E-state index contributed by atoms with van der Waals surface area (Å²) in [4.78, 5) is 5.08. The Balaban J connectivity index is 2.17. The van der Waals surface area contributed by atoms with Crippen molar-refractivity contribution in [2.45, 2.75) is 19.4 Å². The van der Waals surface area contributed by atoms with E-state index in [0.29, 0.717) is 11.4 Å². The van der Waals surface area contributed by atoms with Gasteiger partial charge in [0.25, 0.3) is 0 Å². The number of aromatic nitrogens is 1. The molecular weight excluding hydrogens is 242 g/mol. The van der Waals surface area contributed by atoms with E-state index in [2.05, 4.69) is 4.98 Å². The summed E-state index contributed by atoms with van der Waals surface area (Å²) in [5.74, 6) is 0. The number of nitrogens with zero attached hydrogens (tertiary/aromatic N) is 1. The molecule has 0 saturated carbocycles. The number of aliphatic hydroxyl groups is 1. The van der Waals surface area contributed by atoms with Gasteiger partial charge in [-0.05, 0) is 30.2 Å². The molecule has 0 fully saturated rings. The first-order chi connectivity index (χ1) is 7.66. The third kappa shape index (κ3) is 2.61. The molecule has 4 heteroatoms. The minimum atomic E-state index is -0.488. The van der Waals surface area contributed by atoms with E-state index in [0.717, 1.165) is 16.0 Å². The van der Waals surface area contributed by atoms with Gasteiger partial charge >= 0.3 is 0 Å². The van der Waals surface area contributed by atoms with Crippen LogP contribution in [0.4, 0.5) is 0 Å². The van der Waals surface area contributed by atoms with Gasteiger partial charge in [0.1, 0.15) is 0 Å². The molecule has 1 heterocycles. The zero-order chi connectivity index (χ0) is 11.5. The van der Waals surface area contributed by atoms with Gasteiger partial charge in [-0.25, -0.2) is 0 Å². The van der Waals surface area contributed by atoms with Crippen molar-refractivity contribution in [1.29, 1.82) is 0 Å². The first-order valence-corrected chi connectivity index (χ1v) is 6.24. The molecule has 16 heavy (non-hydrogen) atoms. The Morgan fingerprint density at radius 2 is 2.31 bits per heavy atom. The minimum Gasteiger partial charge on any atom is -0.388 e. The molecule has 2 aromatic rings. The van der Waals surface area contributed by atoms with E-state index < -0.39 is 6.10 Å².